The monoisotopic (exact) mass is 985 g/mol. The molecule has 0 heterocycles. The van der Waals surface area contributed by atoms with Crippen molar-refractivity contribution in [1.82, 2.24) is 0 Å². The zero-order valence-corrected chi connectivity index (χ0v) is 46.2. The van der Waals surface area contributed by atoms with Gasteiger partial charge in [0.2, 0.25) is 0 Å². The largest absolute Gasteiger partial charge is 0.462 e. The molecule has 0 aliphatic carbocycles. The number of unbranched alkanes of at least 4 members (excludes halogenated alkanes) is 23. The maximum atomic E-state index is 12.9. The smallest absolute Gasteiger partial charge is 0.306 e. The third kappa shape index (κ3) is 56.9. The molecule has 0 aliphatic rings. The molecule has 0 aromatic carbocycles. The molecular formula is C65H108O6. The van der Waals surface area contributed by atoms with E-state index in [-0.39, 0.29) is 31.1 Å². The van der Waals surface area contributed by atoms with E-state index in [4.69, 9.17) is 14.2 Å². The van der Waals surface area contributed by atoms with E-state index in [9.17, 15) is 14.4 Å². The number of carbonyl (C=O) groups excluding carboxylic acids is 3. The lowest BCUT2D eigenvalue weighted by Gasteiger charge is -2.18. The van der Waals surface area contributed by atoms with Gasteiger partial charge in [0, 0.05) is 19.3 Å². The highest BCUT2D eigenvalue weighted by Gasteiger charge is 2.19. The number of carbonyl (C=O) groups is 3. The highest BCUT2D eigenvalue weighted by molar-refractivity contribution is 5.71. The Labute approximate surface area is 438 Å². The van der Waals surface area contributed by atoms with Crippen LogP contribution in [-0.4, -0.2) is 37.2 Å². The molecule has 0 aromatic rings. The fourth-order valence-corrected chi connectivity index (χ4v) is 7.89. The van der Waals surface area contributed by atoms with E-state index in [2.05, 4.69) is 130 Å². The van der Waals surface area contributed by atoms with E-state index in [1.807, 2.05) is 0 Å². The van der Waals surface area contributed by atoms with Crippen LogP contribution in [0.5, 0.6) is 0 Å². The van der Waals surface area contributed by atoms with Gasteiger partial charge in [-0.25, -0.2) is 0 Å². The van der Waals surface area contributed by atoms with Crippen molar-refractivity contribution in [2.45, 2.75) is 271 Å². The third-order valence-electron chi connectivity index (χ3n) is 12.2. The van der Waals surface area contributed by atoms with Crippen LogP contribution in [0.25, 0.3) is 0 Å². The number of ether oxygens (including phenoxy) is 3. The van der Waals surface area contributed by atoms with Gasteiger partial charge in [-0.3, -0.25) is 14.4 Å². The minimum Gasteiger partial charge on any atom is -0.462 e. The van der Waals surface area contributed by atoms with Crippen LogP contribution in [0.3, 0.4) is 0 Å². The summed E-state index contributed by atoms with van der Waals surface area (Å²) in [5.74, 6) is -0.941. The predicted octanol–water partition coefficient (Wildman–Crippen LogP) is 19.9. The maximum absolute atomic E-state index is 12.9. The number of esters is 3. The second-order valence-corrected chi connectivity index (χ2v) is 19.1. The number of rotatable bonds is 52. The molecule has 0 bridgehead atoms. The Balaban J connectivity index is 4.44. The Hall–Kier alpha value is -3.93. The van der Waals surface area contributed by atoms with Crippen molar-refractivity contribution in [2.75, 3.05) is 13.2 Å². The number of hydrogen-bond acceptors (Lipinski definition) is 6. The number of allylic oxidation sites excluding steroid dienone is 18. The van der Waals surface area contributed by atoms with Crippen molar-refractivity contribution in [1.29, 1.82) is 0 Å². The predicted molar refractivity (Wildman–Crippen MR) is 307 cm³/mol. The van der Waals surface area contributed by atoms with Crippen LogP contribution < -0.4 is 0 Å². The van der Waals surface area contributed by atoms with Crippen molar-refractivity contribution in [3.63, 3.8) is 0 Å². The molecule has 6 nitrogen and oxygen atoms in total. The molecule has 0 fully saturated rings. The topological polar surface area (TPSA) is 78.9 Å². The van der Waals surface area contributed by atoms with Crippen LogP contribution >= 0.6 is 0 Å². The lowest BCUT2D eigenvalue weighted by molar-refractivity contribution is -0.167. The van der Waals surface area contributed by atoms with Gasteiger partial charge in [0.25, 0.3) is 0 Å². The van der Waals surface area contributed by atoms with Crippen LogP contribution in [0.4, 0.5) is 0 Å². The van der Waals surface area contributed by atoms with Gasteiger partial charge >= 0.3 is 17.9 Å². The van der Waals surface area contributed by atoms with Gasteiger partial charge in [0.15, 0.2) is 6.10 Å². The van der Waals surface area contributed by atoms with Gasteiger partial charge in [0.05, 0.1) is 0 Å². The first-order valence-electron chi connectivity index (χ1n) is 29.4. The molecule has 0 rings (SSSR count). The summed E-state index contributed by atoms with van der Waals surface area (Å²) in [6.45, 7) is 6.37. The molecule has 6 heteroatoms. The molecule has 0 saturated heterocycles. The summed E-state index contributed by atoms with van der Waals surface area (Å²) in [6.07, 6.45) is 79.3. The fourth-order valence-electron chi connectivity index (χ4n) is 7.89. The first kappa shape index (κ1) is 67.1. The highest BCUT2D eigenvalue weighted by atomic mass is 16.6. The standard InChI is InChI=1S/C65H108O6/c1-4-7-10-13-16-19-22-25-28-30-31-32-33-35-37-40-43-46-49-52-55-58-64(67)70-61-62(60-69-63(66)57-54-51-48-45-42-39-36-27-24-21-18-15-12-9-6-3)71-65(68)59-56-53-50-47-44-41-38-34-29-26-23-20-17-14-11-8-5-2/h8-9,11-12,17-18,20-22,25-27,29-31,36,38,41,62H,4-7,10,13-16,19,23-24,28,32-35,37,39-40,42-61H2,1-3H3/b11-8-,12-9-,20-17-,21-18-,25-22-,29-26-,31-30-,36-27-,41-38-. The minimum absolute atomic E-state index is 0.0974. The summed E-state index contributed by atoms with van der Waals surface area (Å²) in [6, 6.07) is 0. The molecule has 71 heavy (non-hydrogen) atoms. The average Bonchev–Trinajstić information content (AvgIpc) is 3.37. The second kappa shape index (κ2) is 58.6. The molecule has 1 atom stereocenters. The summed E-state index contributed by atoms with van der Waals surface area (Å²) >= 11 is 0. The highest BCUT2D eigenvalue weighted by Crippen LogP contribution is 2.14. The molecule has 1 unspecified atom stereocenters. The maximum Gasteiger partial charge on any atom is 0.306 e. The van der Waals surface area contributed by atoms with Crippen molar-refractivity contribution in [3.8, 4) is 0 Å². The summed E-state index contributed by atoms with van der Waals surface area (Å²) in [5.41, 5.74) is 0. The second-order valence-electron chi connectivity index (χ2n) is 19.1. The normalized spacial score (nSPS) is 12.9. The Kier molecular flexibility index (Phi) is 55.4. The quantitative estimate of drug-likeness (QED) is 0.0261. The molecule has 0 spiro atoms. The molecule has 0 aromatic heterocycles. The van der Waals surface area contributed by atoms with Crippen LogP contribution in [0.15, 0.2) is 109 Å². The SMILES string of the molecule is CC/C=C\C/C=C\C/C=C\C/C=C\CCCCCCC(=O)OC(COC(=O)CCCCCCC/C=C\C/C=C\C/C=C\CC)COC(=O)CCCCCCCCCCC/C=C\C/C=C\CCCCCCC. The van der Waals surface area contributed by atoms with E-state index >= 15 is 0 Å². The van der Waals surface area contributed by atoms with Gasteiger partial charge in [0.1, 0.15) is 13.2 Å². The van der Waals surface area contributed by atoms with Crippen molar-refractivity contribution >= 4 is 17.9 Å². The summed E-state index contributed by atoms with van der Waals surface area (Å²) in [4.78, 5) is 38.2. The molecule has 0 amide bonds. The Morgan fingerprint density at radius 2 is 0.549 bits per heavy atom. The Morgan fingerprint density at radius 1 is 0.296 bits per heavy atom. The van der Waals surface area contributed by atoms with Crippen LogP contribution in [0, 0.1) is 0 Å². The van der Waals surface area contributed by atoms with E-state index in [1.54, 1.807) is 0 Å². The van der Waals surface area contributed by atoms with Gasteiger partial charge in [-0.15, -0.1) is 0 Å². The molecule has 0 N–H and O–H groups in total. The third-order valence-corrected chi connectivity index (χ3v) is 12.2. The summed E-state index contributed by atoms with van der Waals surface area (Å²) in [7, 11) is 0. The lowest BCUT2D eigenvalue weighted by Crippen LogP contribution is -2.30. The lowest BCUT2D eigenvalue weighted by atomic mass is 10.1. The van der Waals surface area contributed by atoms with Crippen molar-refractivity contribution in [3.05, 3.63) is 109 Å². The zero-order chi connectivity index (χ0) is 51.4. The van der Waals surface area contributed by atoms with Gasteiger partial charge < -0.3 is 14.2 Å². The van der Waals surface area contributed by atoms with Crippen molar-refractivity contribution < 1.29 is 28.6 Å². The minimum atomic E-state index is -0.803. The molecular weight excluding hydrogens is 877 g/mol. The van der Waals surface area contributed by atoms with Gasteiger partial charge in [-0.1, -0.05) is 233 Å². The molecule has 0 saturated carbocycles. The van der Waals surface area contributed by atoms with E-state index < -0.39 is 6.10 Å². The average molecular weight is 986 g/mol. The molecule has 0 radical (unpaired) electrons. The fraction of sp³-hybridized carbons (Fsp3) is 0.677. The van der Waals surface area contributed by atoms with Gasteiger partial charge in [-0.2, -0.15) is 0 Å². The Morgan fingerprint density at radius 3 is 0.859 bits per heavy atom. The van der Waals surface area contributed by atoms with Crippen molar-refractivity contribution in [2.24, 2.45) is 0 Å². The summed E-state index contributed by atoms with van der Waals surface area (Å²) < 4.78 is 16.9. The first-order chi connectivity index (χ1) is 35.0. The van der Waals surface area contributed by atoms with E-state index in [0.29, 0.717) is 19.3 Å². The van der Waals surface area contributed by atoms with E-state index in [1.165, 1.54) is 83.5 Å². The first-order valence-corrected chi connectivity index (χ1v) is 29.4. The summed E-state index contributed by atoms with van der Waals surface area (Å²) in [5, 5.41) is 0. The van der Waals surface area contributed by atoms with E-state index in [0.717, 1.165) is 141 Å². The Bertz CT molecular complexity index is 1460. The molecule has 404 valence electrons. The van der Waals surface area contributed by atoms with Gasteiger partial charge in [-0.05, 0) is 122 Å². The zero-order valence-electron chi connectivity index (χ0n) is 46.2. The van der Waals surface area contributed by atoms with Crippen LogP contribution in [-0.2, 0) is 28.6 Å². The van der Waals surface area contributed by atoms with Crippen LogP contribution in [0.1, 0.15) is 265 Å². The molecule has 0 aliphatic heterocycles. The van der Waals surface area contributed by atoms with Crippen LogP contribution in [0.2, 0.25) is 0 Å². The number of hydrogen-bond donors (Lipinski definition) is 0.